The number of nitrogens with zero attached hydrogens (tertiary/aromatic N) is 2. The Morgan fingerprint density at radius 1 is 1.12 bits per heavy atom. The first-order valence-electron chi connectivity index (χ1n) is 8.88. The fourth-order valence-electron chi connectivity index (χ4n) is 3.96. The zero-order valence-corrected chi connectivity index (χ0v) is 15.5. The largest absolute Gasteiger partial charge is 0.351 e. The SMILES string of the molecule is C[C@@H]1CCCC[C@@H]1N1C(=O)C(=O)N(CC(=O)N[C@@H]2CCS(=O)(=O)C2)C1=O. The topological polar surface area (TPSA) is 121 Å². The van der Waals surface area contributed by atoms with E-state index in [1.54, 1.807) is 0 Å². The zero-order chi connectivity index (χ0) is 19.1. The van der Waals surface area contributed by atoms with Crippen molar-refractivity contribution in [2.75, 3.05) is 18.1 Å². The molecule has 5 amide bonds. The van der Waals surface area contributed by atoms with E-state index in [1.165, 1.54) is 0 Å². The minimum absolute atomic E-state index is 0.00531. The van der Waals surface area contributed by atoms with Crippen LogP contribution in [0.4, 0.5) is 4.79 Å². The minimum atomic E-state index is -3.15. The third-order valence-electron chi connectivity index (χ3n) is 5.38. The van der Waals surface area contributed by atoms with Crippen molar-refractivity contribution in [2.45, 2.75) is 51.1 Å². The summed E-state index contributed by atoms with van der Waals surface area (Å²) in [5, 5.41) is 2.53. The second-order valence-corrected chi connectivity index (χ2v) is 9.57. The number of carbonyl (C=O) groups excluding carboxylic acids is 4. The molecule has 144 valence electrons. The molecular formula is C16H23N3O6S. The van der Waals surface area contributed by atoms with E-state index in [0.29, 0.717) is 17.7 Å². The van der Waals surface area contributed by atoms with Crippen LogP contribution in [0.3, 0.4) is 0 Å². The summed E-state index contributed by atoms with van der Waals surface area (Å²) in [7, 11) is -3.15. The summed E-state index contributed by atoms with van der Waals surface area (Å²) >= 11 is 0. The molecule has 1 aliphatic carbocycles. The van der Waals surface area contributed by atoms with E-state index in [2.05, 4.69) is 5.32 Å². The molecule has 0 radical (unpaired) electrons. The maximum absolute atomic E-state index is 12.6. The van der Waals surface area contributed by atoms with Crippen LogP contribution in [-0.4, -0.2) is 72.1 Å². The van der Waals surface area contributed by atoms with Crippen LogP contribution in [0, 0.1) is 5.92 Å². The highest BCUT2D eigenvalue weighted by Gasteiger charge is 2.49. The van der Waals surface area contributed by atoms with Gasteiger partial charge in [-0.3, -0.25) is 19.3 Å². The van der Waals surface area contributed by atoms with Crippen molar-refractivity contribution in [1.82, 2.24) is 15.1 Å². The smallest absolute Gasteiger partial charge is 0.334 e. The molecule has 10 heteroatoms. The average Bonchev–Trinajstić information content (AvgIpc) is 3.00. The van der Waals surface area contributed by atoms with Gasteiger partial charge in [-0.25, -0.2) is 18.1 Å². The summed E-state index contributed by atoms with van der Waals surface area (Å²) in [6, 6.07) is -1.60. The molecule has 0 aromatic carbocycles. The lowest BCUT2D eigenvalue weighted by Gasteiger charge is -2.34. The minimum Gasteiger partial charge on any atom is -0.351 e. The number of imide groups is 2. The quantitative estimate of drug-likeness (QED) is 0.522. The van der Waals surface area contributed by atoms with Gasteiger partial charge in [0, 0.05) is 12.1 Å². The van der Waals surface area contributed by atoms with Crippen LogP contribution in [0.5, 0.6) is 0 Å². The van der Waals surface area contributed by atoms with Gasteiger partial charge in [-0.15, -0.1) is 0 Å². The lowest BCUT2D eigenvalue weighted by atomic mass is 9.85. The van der Waals surface area contributed by atoms with Crippen molar-refractivity contribution in [3.8, 4) is 0 Å². The molecule has 1 N–H and O–H groups in total. The van der Waals surface area contributed by atoms with Crippen LogP contribution in [0.25, 0.3) is 0 Å². The molecule has 0 aromatic heterocycles. The van der Waals surface area contributed by atoms with Gasteiger partial charge in [-0.2, -0.15) is 0 Å². The maximum Gasteiger partial charge on any atom is 0.334 e. The second-order valence-electron chi connectivity index (χ2n) is 7.35. The fourth-order valence-corrected chi connectivity index (χ4v) is 5.63. The Morgan fingerprint density at radius 3 is 2.42 bits per heavy atom. The molecule has 0 unspecified atom stereocenters. The Morgan fingerprint density at radius 2 is 1.81 bits per heavy atom. The normalized spacial score (nSPS) is 31.6. The van der Waals surface area contributed by atoms with E-state index >= 15 is 0 Å². The van der Waals surface area contributed by atoms with Crippen molar-refractivity contribution in [3.63, 3.8) is 0 Å². The number of rotatable bonds is 4. The summed E-state index contributed by atoms with van der Waals surface area (Å²) in [4.78, 5) is 50.8. The van der Waals surface area contributed by atoms with E-state index < -0.39 is 46.2 Å². The third kappa shape index (κ3) is 3.60. The Hall–Kier alpha value is -1.97. The molecule has 3 atom stereocenters. The molecule has 0 aromatic rings. The Bertz CT molecular complexity index is 749. The molecule has 2 heterocycles. The van der Waals surface area contributed by atoms with Crippen LogP contribution >= 0.6 is 0 Å². The van der Waals surface area contributed by atoms with Crippen molar-refractivity contribution in [2.24, 2.45) is 5.92 Å². The third-order valence-corrected chi connectivity index (χ3v) is 7.15. The van der Waals surface area contributed by atoms with Crippen molar-refractivity contribution in [1.29, 1.82) is 0 Å². The van der Waals surface area contributed by atoms with E-state index in [4.69, 9.17) is 0 Å². The molecule has 0 spiro atoms. The number of hydrogen-bond donors (Lipinski definition) is 1. The summed E-state index contributed by atoms with van der Waals surface area (Å²) in [6.07, 6.45) is 3.76. The first-order chi connectivity index (χ1) is 12.2. The lowest BCUT2D eigenvalue weighted by molar-refractivity contribution is -0.145. The van der Waals surface area contributed by atoms with E-state index in [0.717, 1.165) is 24.2 Å². The predicted octanol–water partition coefficient (Wildman–Crippen LogP) is -0.341. The average molecular weight is 385 g/mol. The molecule has 1 saturated carbocycles. The maximum atomic E-state index is 12.6. The van der Waals surface area contributed by atoms with Gasteiger partial charge >= 0.3 is 17.8 Å². The summed E-state index contributed by atoms with van der Waals surface area (Å²) < 4.78 is 22.9. The van der Waals surface area contributed by atoms with Gasteiger partial charge < -0.3 is 5.32 Å². The highest BCUT2D eigenvalue weighted by atomic mass is 32.2. The predicted molar refractivity (Wildman–Crippen MR) is 90.6 cm³/mol. The van der Waals surface area contributed by atoms with Gasteiger partial charge in [0.15, 0.2) is 9.84 Å². The zero-order valence-electron chi connectivity index (χ0n) is 14.6. The van der Waals surface area contributed by atoms with Gasteiger partial charge in [-0.1, -0.05) is 19.8 Å². The standard InChI is InChI=1S/C16H23N3O6S/c1-10-4-2-3-5-12(10)19-15(22)14(21)18(16(19)23)8-13(20)17-11-6-7-26(24,25)9-11/h10-12H,2-9H2,1H3,(H,17,20)/t10-,11-,12+/m1/s1. The van der Waals surface area contributed by atoms with Crippen LogP contribution in [0.2, 0.25) is 0 Å². The van der Waals surface area contributed by atoms with E-state index in [1.807, 2.05) is 6.92 Å². The fraction of sp³-hybridized carbons (Fsp3) is 0.750. The number of nitrogens with one attached hydrogen (secondary N) is 1. The Balaban J connectivity index is 1.65. The van der Waals surface area contributed by atoms with E-state index in [-0.39, 0.29) is 23.5 Å². The molecule has 0 bridgehead atoms. The molecule has 3 aliphatic rings. The number of urea groups is 1. The second kappa shape index (κ2) is 6.98. The van der Waals surface area contributed by atoms with Crippen LogP contribution in [0.15, 0.2) is 0 Å². The number of amides is 5. The summed E-state index contributed by atoms with van der Waals surface area (Å²) in [6.45, 7) is 1.38. The van der Waals surface area contributed by atoms with Crippen LogP contribution < -0.4 is 5.32 Å². The Labute approximate surface area is 152 Å². The number of carbonyl (C=O) groups is 4. The molecule has 3 fully saturated rings. The monoisotopic (exact) mass is 385 g/mol. The summed E-state index contributed by atoms with van der Waals surface area (Å²) in [5.41, 5.74) is 0. The van der Waals surface area contributed by atoms with Crippen molar-refractivity contribution >= 4 is 33.6 Å². The highest BCUT2D eigenvalue weighted by Crippen LogP contribution is 2.31. The number of sulfone groups is 1. The molecular weight excluding hydrogens is 362 g/mol. The first kappa shape index (κ1) is 18.8. The van der Waals surface area contributed by atoms with E-state index in [9.17, 15) is 27.6 Å². The molecule has 26 heavy (non-hydrogen) atoms. The number of hydrogen-bond acceptors (Lipinski definition) is 6. The first-order valence-corrected chi connectivity index (χ1v) is 10.7. The van der Waals surface area contributed by atoms with Gasteiger partial charge in [0.05, 0.1) is 11.5 Å². The van der Waals surface area contributed by atoms with Gasteiger partial charge in [0.2, 0.25) is 5.91 Å². The Kier molecular flexibility index (Phi) is 5.05. The van der Waals surface area contributed by atoms with Crippen molar-refractivity contribution < 1.29 is 27.6 Å². The van der Waals surface area contributed by atoms with Gasteiger partial charge in [0.25, 0.3) is 0 Å². The van der Waals surface area contributed by atoms with Gasteiger partial charge in [-0.05, 0) is 25.2 Å². The molecule has 2 saturated heterocycles. The molecule has 9 nitrogen and oxygen atoms in total. The van der Waals surface area contributed by atoms with Crippen LogP contribution in [-0.2, 0) is 24.2 Å². The van der Waals surface area contributed by atoms with Crippen molar-refractivity contribution in [3.05, 3.63) is 0 Å². The van der Waals surface area contributed by atoms with Crippen LogP contribution in [0.1, 0.15) is 39.0 Å². The van der Waals surface area contributed by atoms with Gasteiger partial charge in [0.1, 0.15) is 6.54 Å². The lowest BCUT2D eigenvalue weighted by Crippen LogP contribution is -2.47. The highest BCUT2D eigenvalue weighted by molar-refractivity contribution is 7.91. The molecule has 3 rings (SSSR count). The summed E-state index contributed by atoms with van der Waals surface area (Å²) in [5.74, 6) is -2.55. The molecule has 2 aliphatic heterocycles.